The van der Waals surface area contributed by atoms with E-state index in [1.807, 2.05) is 0 Å². The normalized spacial score (nSPS) is 15.3. The average Bonchev–Trinajstić information content (AvgIpc) is 2.89. The summed E-state index contributed by atoms with van der Waals surface area (Å²) in [6.07, 6.45) is 5.15. The molecule has 0 bridgehead atoms. The van der Waals surface area contributed by atoms with E-state index in [1.54, 1.807) is 4.90 Å². The molecule has 0 spiro atoms. The van der Waals surface area contributed by atoms with Gasteiger partial charge in [-0.3, -0.25) is 9.59 Å². The van der Waals surface area contributed by atoms with Crippen LogP contribution in [-0.4, -0.2) is 40.8 Å². The van der Waals surface area contributed by atoms with Crippen LogP contribution in [0.25, 0.3) is 0 Å². The summed E-state index contributed by atoms with van der Waals surface area (Å²) >= 11 is 4.70. The van der Waals surface area contributed by atoms with Crippen LogP contribution in [0.4, 0.5) is 0 Å². The number of nitrogens with zero attached hydrogens (tertiary/aromatic N) is 1. The summed E-state index contributed by atoms with van der Waals surface area (Å²) in [5.74, 6) is -0.548. The van der Waals surface area contributed by atoms with E-state index < -0.39 is 11.8 Å². The fourth-order valence-corrected chi connectivity index (χ4v) is 2.51. The standard InChI is InChI=1S/C14H25N3O2S/c1-10(2)7-8-17(11-5-3-4-6-11)14(19)13(18)16-9-12(15)20/h10-11H,3-9H2,1-2H3,(H2,15,20)(H,16,18). The fourth-order valence-electron chi connectivity index (χ4n) is 2.44. The SMILES string of the molecule is CC(C)CCN(C(=O)C(=O)NCC(N)=S)C1CCCC1. The molecule has 0 aromatic rings. The number of carbonyl (C=O) groups is 2. The highest BCUT2D eigenvalue weighted by Gasteiger charge is 2.30. The van der Waals surface area contributed by atoms with Crippen LogP contribution in [0.15, 0.2) is 0 Å². The molecule has 2 amide bonds. The molecule has 0 radical (unpaired) electrons. The van der Waals surface area contributed by atoms with E-state index in [0.29, 0.717) is 12.5 Å². The second-order valence-electron chi connectivity index (χ2n) is 5.77. The summed E-state index contributed by atoms with van der Waals surface area (Å²) in [6.45, 7) is 4.94. The Labute approximate surface area is 126 Å². The molecular weight excluding hydrogens is 274 g/mol. The highest BCUT2D eigenvalue weighted by atomic mass is 32.1. The number of hydrogen-bond donors (Lipinski definition) is 2. The summed E-state index contributed by atoms with van der Waals surface area (Å²) in [7, 11) is 0. The van der Waals surface area contributed by atoms with Crippen molar-refractivity contribution in [1.29, 1.82) is 0 Å². The van der Waals surface area contributed by atoms with E-state index in [4.69, 9.17) is 18.0 Å². The maximum atomic E-state index is 12.3. The zero-order valence-electron chi connectivity index (χ0n) is 12.4. The van der Waals surface area contributed by atoms with Gasteiger partial charge in [0.15, 0.2) is 0 Å². The van der Waals surface area contributed by atoms with Crippen LogP contribution in [0.1, 0.15) is 46.0 Å². The van der Waals surface area contributed by atoms with Crippen molar-refractivity contribution >= 4 is 29.0 Å². The lowest BCUT2D eigenvalue weighted by molar-refractivity contribution is -0.147. The second kappa shape index (κ2) is 8.19. The Balaban J connectivity index is 2.62. The van der Waals surface area contributed by atoms with Crippen LogP contribution in [-0.2, 0) is 9.59 Å². The topological polar surface area (TPSA) is 75.4 Å². The summed E-state index contributed by atoms with van der Waals surface area (Å²) in [4.78, 5) is 26.1. The van der Waals surface area contributed by atoms with Crippen molar-refractivity contribution in [3.8, 4) is 0 Å². The number of carbonyl (C=O) groups excluding carboxylic acids is 2. The number of thiocarbonyl (C=S) groups is 1. The third-order valence-electron chi connectivity index (χ3n) is 3.59. The minimum Gasteiger partial charge on any atom is -0.392 e. The Morgan fingerprint density at radius 3 is 2.45 bits per heavy atom. The van der Waals surface area contributed by atoms with Crippen molar-refractivity contribution in [2.24, 2.45) is 11.7 Å². The molecule has 0 aromatic heterocycles. The minimum atomic E-state index is -0.603. The zero-order valence-corrected chi connectivity index (χ0v) is 13.2. The smallest absolute Gasteiger partial charge is 0.312 e. The van der Waals surface area contributed by atoms with E-state index in [-0.39, 0.29) is 17.6 Å². The highest BCUT2D eigenvalue weighted by Crippen LogP contribution is 2.24. The van der Waals surface area contributed by atoms with Crippen LogP contribution in [0.2, 0.25) is 0 Å². The molecule has 3 N–H and O–H groups in total. The lowest BCUT2D eigenvalue weighted by Gasteiger charge is -2.29. The molecule has 20 heavy (non-hydrogen) atoms. The predicted octanol–water partition coefficient (Wildman–Crippen LogP) is 1.21. The third kappa shape index (κ3) is 5.45. The van der Waals surface area contributed by atoms with Gasteiger partial charge in [0.1, 0.15) is 0 Å². The van der Waals surface area contributed by atoms with Crippen LogP contribution in [0.5, 0.6) is 0 Å². The van der Waals surface area contributed by atoms with Crippen molar-refractivity contribution < 1.29 is 9.59 Å². The summed E-state index contributed by atoms with van der Waals surface area (Å²) in [5.41, 5.74) is 5.33. The van der Waals surface area contributed by atoms with Gasteiger partial charge >= 0.3 is 11.8 Å². The van der Waals surface area contributed by atoms with E-state index >= 15 is 0 Å². The van der Waals surface area contributed by atoms with Gasteiger partial charge in [-0.05, 0) is 25.2 Å². The van der Waals surface area contributed by atoms with Crippen LogP contribution in [0, 0.1) is 5.92 Å². The highest BCUT2D eigenvalue weighted by molar-refractivity contribution is 7.80. The van der Waals surface area contributed by atoms with Gasteiger partial charge in [0.05, 0.1) is 11.5 Å². The maximum Gasteiger partial charge on any atom is 0.312 e. The van der Waals surface area contributed by atoms with Crippen molar-refractivity contribution in [3.05, 3.63) is 0 Å². The Morgan fingerprint density at radius 2 is 1.95 bits per heavy atom. The van der Waals surface area contributed by atoms with Gasteiger partial charge in [0.2, 0.25) is 0 Å². The Kier molecular flexibility index (Phi) is 6.91. The van der Waals surface area contributed by atoms with Gasteiger partial charge in [-0.2, -0.15) is 0 Å². The molecule has 6 heteroatoms. The average molecular weight is 299 g/mol. The predicted molar refractivity (Wildman–Crippen MR) is 83.2 cm³/mol. The first-order valence-corrected chi connectivity index (χ1v) is 7.69. The summed E-state index contributed by atoms with van der Waals surface area (Å²) in [6, 6.07) is 0.205. The summed E-state index contributed by atoms with van der Waals surface area (Å²) < 4.78 is 0. The van der Waals surface area contributed by atoms with Gasteiger partial charge in [-0.1, -0.05) is 38.9 Å². The van der Waals surface area contributed by atoms with Crippen LogP contribution in [0.3, 0.4) is 0 Å². The molecule has 1 rings (SSSR count). The number of amides is 2. The molecule has 114 valence electrons. The van der Waals surface area contributed by atoms with Gasteiger partial charge in [0.25, 0.3) is 0 Å². The van der Waals surface area contributed by atoms with Crippen LogP contribution < -0.4 is 11.1 Å². The van der Waals surface area contributed by atoms with Crippen molar-refractivity contribution in [1.82, 2.24) is 10.2 Å². The summed E-state index contributed by atoms with van der Waals surface area (Å²) in [5, 5.41) is 2.48. The first kappa shape index (κ1) is 16.9. The number of nitrogens with one attached hydrogen (secondary N) is 1. The van der Waals surface area contributed by atoms with E-state index in [9.17, 15) is 9.59 Å². The monoisotopic (exact) mass is 299 g/mol. The third-order valence-corrected chi connectivity index (χ3v) is 3.74. The minimum absolute atomic E-state index is 0.0720. The number of hydrogen-bond acceptors (Lipinski definition) is 3. The van der Waals surface area contributed by atoms with Crippen molar-refractivity contribution in [3.63, 3.8) is 0 Å². The van der Waals surface area contributed by atoms with E-state index in [0.717, 1.165) is 32.1 Å². The molecule has 0 aliphatic heterocycles. The molecule has 0 aromatic carbocycles. The van der Waals surface area contributed by atoms with Gasteiger partial charge < -0.3 is 16.0 Å². The first-order chi connectivity index (χ1) is 9.41. The van der Waals surface area contributed by atoms with Crippen molar-refractivity contribution in [2.45, 2.75) is 52.0 Å². The molecule has 1 fully saturated rings. The Morgan fingerprint density at radius 1 is 1.35 bits per heavy atom. The maximum absolute atomic E-state index is 12.3. The zero-order chi connectivity index (χ0) is 15.1. The lowest BCUT2D eigenvalue weighted by atomic mass is 10.1. The Bertz CT molecular complexity index is 365. The lowest BCUT2D eigenvalue weighted by Crippen LogP contribution is -2.49. The first-order valence-electron chi connectivity index (χ1n) is 7.29. The van der Waals surface area contributed by atoms with Gasteiger partial charge in [0, 0.05) is 12.6 Å². The second-order valence-corrected chi connectivity index (χ2v) is 6.29. The largest absolute Gasteiger partial charge is 0.392 e. The molecule has 0 unspecified atom stereocenters. The van der Waals surface area contributed by atoms with Gasteiger partial charge in [-0.25, -0.2) is 0 Å². The molecule has 0 atom stereocenters. The van der Waals surface area contributed by atoms with Gasteiger partial charge in [-0.15, -0.1) is 0 Å². The van der Waals surface area contributed by atoms with E-state index in [1.165, 1.54) is 0 Å². The number of rotatable bonds is 6. The molecule has 1 aliphatic carbocycles. The molecule has 5 nitrogen and oxygen atoms in total. The molecule has 1 aliphatic rings. The molecule has 0 saturated heterocycles. The van der Waals surface area contributed by atoms with Crippen molar-refractivity contribution in [2.75, 3.05) is 13.1 Å². The Hall–Kier alpha value is -1.17. The fraction of sp³-hybridized carbons (Fsp3) is 0.786. The van der Waals surface area contributed by atoms with E-state index in [2.05, 4.69) is 19.2 Å². The molecule has 1 saturated carbocycles. The quantitative estimate of drug-likeness (QED) is 0.571. The number of nitrogens with two attached hydrogens (primary N) is 1. The molecular formula is C14H25N3O2S. The van der Waals surface area contributed by atoms with Crippen LogP contribution >= 0.6 is 12.2 Å². The molecule has 0 heterocycles.